The third-order valence-corrected chi connectivity index (χ3v) is 9.99. The van der Waals surface area contributed by atoms with Crippen molar-refractivity contribution in [3.8, 4) is 27.9 Å². The minimum atomic E-state index is -0.0591. The number of hydrogen-bond acceptors (Lipinski definition) is 1. The molecule has 0 amide bonds. The summed E-state index contributed by atoms with van der Waals surface area (Å²) in [7, 11) is 0. The summed E-state index contributed by atoms with van der Waals surface area (Å²) in [6, 6.07) is 61.7. The number of hydrogen-bond donors (Lipinski definition) is 0. The van der Waals surface area contributed by atoms with Crippen LogP contribution in [0.4, 0.5) is 17.1 Å². The Kier molecular flexibility index (Phi) is 6.20. The van der Waals surface area contributed by atoms with E-state index in [9.17, 15) is 0 Å². The van der Waals surface area contributed by atoms with Crippen molar-refractivity contribution in [1.82, 2.24) is 4.57 Å². The number of aromatic nitrogens is 1. The minimum absolute atomic E-state index is 0.0591. The first-order valence-corrected chi connectivity index (χ1v) is 16.4. The highest BCUT2D eigenvalue weighted by Gasteiger charge is 2.37. The first kappa shape index (κ1) is 27.5. The van der Waals surface area contributed by atoms with Crippen molar-refractivity contribution >= 4 is 38.9 Å². The number of anilines is 3. The number of benzene rings is 7. The van der Waals surface area contributed by atoms with Crippen molar-refractivity contribution in [2.75, 3.05) is 4.90 Å². The monoisotopic (exact) mass is 602 g/mol. The Morgan fingerprint density at radius 2 is 1.09 bits per heavy atom. The lowest BCUT2D eigenvalue weighted by Gasteiger charge is -2.29. The second kappa shape index (κ2) is 10.6. The lowest BCUT2D eigenvalue weighted by molar-refractivity contribution is 0.660. The fourth-order valence-electron chi connectivity index (χ4n) is 7.74. The topological polar surface area (TPSA) is 8.17 Å². The molecule has 1 heterocycles. The Morgan fingerprint density at radius 3 is 1.89 bits per heavy atom. The molecule has 0 saturated carbocycles. The Balaban J connectivity index is 1.17. The van der Waals surface area contributed by atoms with E-state index in [2.05, 4.69) is 193 Å². The molecule has 8 aromatic rings. The molecule has 1 aliphatic rings. The van der Waals surface area contributed by atoms with Crippen molar-refractivity contribution in [3.05, 3.63) is 181 Å². The van der Waals surface area contributed by atoms with Gasteiger partial charge in [0.15, 0.2) is 0 Å². The van der Waals surface area contributed by atoms with Crippen LogP contribution in [-0.2, 0) is 5.41 Å². The van der Waals surface area contributed by atoms with Crippen LogP contribution in [0.1, 0.15) is 25.0 Å². The van der Waals surface area contributed by atoms with Crippen molar-refractivity contribution in [2.45, 2.75) is 19.3 Å². The Hall–Kier alpha value is -5.86. The average molecular weight is 603 g/mol. The molecule has 1 aromatic heterocycles. The molecule has 0 unspecified atom stereocenters. The third-order valence-electron chi connectivity index (χ3n) is 9.99. The first-order valence-electron chi connectivity index (χ1n) is 16.4. The van der Waals surface area contributed by atoms with Gasteiger partial charge >= 0.3 is 0 Å². The zero-order chi connectivity index (χ0) is 31.5. The summed E-state index contributed by atoms with van der Waals surface area (Å²) in [6.07, 6.45) is 0. The molecule has 0 fully saturated rings. The fraction of sp³-hybridized carbons (Fsp3) is 0.0667. The van der Waals surface area contributed by atoms with Crippen LogP contribution in [0.25, 0.3) is 49.7 Å². The molecule has 0 atom stereocenters. The molecule has 1 aliphatic carbocycles. The van der Waals surface area contributed by atoms with Crippen molar-refractivity contribution < 1.29 is 0 Å². The quantitative estimate of drug-likeness (QED) is 0.190. The van der Waals surface area contributed by atoms with Gasteiger partial charge in [0.1, 0.15) is 0 Å². The molecule has 47 heavy (non-hydrogen) atoms. The van der Waals surface area contributed by atoms with E-state index < -0.39 is 0 Å². The molecule has 0 spiro atoms. The van der Waals surface area contributed by atoms with Crippen molar-refractivity contribution in [2.24, 2.45) is 0 Å². The molecular weight excluding hydrogens is 569 g/mol. The third kappa shape index (κ3) is 4.26. The summed E-state index contributed by atoms with van der Waals surface area (Å²) in [5, 5.41) is 2.53. The van der Waals surface area contributed by atoms with Crippen LogP contribution >= 0.6 is 0 Å². The van der Waals surface area contributed by atoms with E-state index in [-0.39, 0.29) is 5.41 Å². The molecule has 9 rings (SSSR count). The van der Waals surface area contributed by atoms with Gasteiger partial charge in [0.2, 0.25) is 0 Å². The zero-order valence-corrected chi connectivity index (χ0v) is 26.6. The maximum atomic E-state index is 2.41. The summed E-state index contributed by atoms with van der Waals surface area (Å²) >= 11 is 0. The summed E-state index contributed by atoms with van der Waals surface area (Å²) in [5.41, 5.74) is 14.8. The van der Waals surface area contributed by atoms with Gasteiger partial charge in [0.25, 0.3) is 0 Å². The predicted octanol–water partition coefficient (Wildman–Crippen LogP) is 12.2. The van der Waals surface area contributed by atoms with Gasteiger partial charge in [-0.05, 0) is 88.5 Å². The standard InChI is InChI=1S/C45H34N2/c1-45(2)39-20-11-9-19-37(39)44-40(45)21-13-23-43(44)46(33-14-5-3-6-15-33)35-27-24-31(25-28-35)32-26-29-42-38(30-32)36-18-10-12-22-41(36)47(42)34-16-7-4-8-17-34/h3-30H,1-2H3. The lowest BCUT2D eigenvalue weighted by atomic mass is 9.82. The number of nitrogens with zero attached hydrogens (tertiary/aromatic N) is 2. The molecule has 7 aromatic carbocycles. The maximum Gasteiger partial charge on any atom is 0.0543 e. The molecule has 2 nitrogen and oxygen atoms in total. The van der Waals surface area contributed by atoms with Crippen LogP contribution in [0, 0.1) is 0 Å². The van der Waals surface area contributed by atoms with E-state index in [1.165, 1.54) is 66.6 Å². The zero-order valence-electron chi connectivity index (χ0n) is 26.6. The second-order valence-corrected chi connectivity index (χ2v) is 13.0. The smallest absolute Gasteiger partial charge is 0.0543 e. The summed E-state index contributed by atoms with van der Waals surface area (Å²) in [5.74, 6) is 0. The molecule has 0 radical (unpaired) electrons. The molecule has 224 valence electrons. The Bertz CT molecular complexity index is 2420. The predicted molar refractivity (Wildman–Crippen MR) is 198 cm³/mol. The van der Waals surface area contributed by atoms with Crippen LogP contribution in [0.5, 0.6) is 0 Å². The lowest BCUT2D eigenvalue weighted by Crippen LogP contribution is -2.16. The van der Waals surface area contributed by atoms with Crippen LogP contribution in [-0.4, -0.2) is 4.57 Å². The van der Waals surface area contributed by atoms with Gasteiger partial charge in [0.05, 0.1) is 16.7 Å². The number of rotatable bonds is 5. The summed E-state index contributed by atoms with van der Waals surface area (Å²) < 4.78 is 2.37. The highest BCUT2D eigenvalue weighted by Crippen LogP contribution is 2.54. The van der Waals surface area contributed by atoms with Gasteiger partial charge in [0, 0.05) is 38.8 Å². The van der Waals surface area contributed by atoms with Crippen molar-refractivity contribution in [1.29, 1.82) is 0 Å². The molecular formula is C45H34N2. The largest absolute Gasteiger partial charge is 0.310 e. The second-order valence-electron chi connectivity index (χ2n) is 13.0. The molecule has 0 saturated heterocycles. The Labute approximate surface area is 275 Å². The first-order chi connectivity index (χ1) is 23.1. The van der Waals surface area contributed by atoms with Crippen LogP contribution in [0.15, 0.2) is 170 Å². The minimum Gasteiger partial charge on any atom is -0.310 e. The molecule has 0 N–H and O–H groups in total. The normalized spacial score (nSPS) is 13.1. The van der Waals surface area contributed by atoms with Crippen LogP contribution in [0.2, 0.25) is 0 Å². The van der Waals surface area contributed by atoms with Crippen molar-refractivity contribution in [3.63, 3.8) is 0 Å². The van der Waals surface area contributed by atoms with Crippen LogP contribution < -0.4 is 4.90 Å². The fourth-order valence-corrected chi connectivity index (χ4v) is 7.74. The van der Waals surface area contributed by atoms with Crippen LogP contribution in [0.3, 0.4) is 0 Å². The van der Waals surface area contributed by atoms with E-state index in [0.29, 0.717) is 0 Å². The number of para-hydroxylation sites is 3. The van der Waals surface area contributed by atoms with Gasteiger partial charge in [-0.25, -0.2) is 0 Å². The van der Waals surface area contributed by atoms with Gasteiger partial charge in [-0.3, -0.25) is 0 Å². The van der Waals surface area contributed by atoms with Gasteiger partial charge in [-0.2, -0.15) is 0 Å². The highest BCUT2D eigenvalue weighted by atomic mass is 15.1. The van der Waals surface area contributed by atoms with E-state index in [4.69, 9.17) is 0 Å². The van der Waals surface area contributed by atoms with E-state index >= 15 is 0 Å². The van der Waals surface area contributed by atoms with Gasteiger partial charge in [-0.1, -0.05) is 123 Å². The molecule has 0 aliphatic heterocycles. The Morgan fingerprint density at radius 1 is 0.468 bits per heavy atom. The van der Waals surface area contributed by atoms with E-state index in [1.54, 1.807) is 0 Å². The maximum absolute atomic E-state index is 2.41. The number of fused-ring (bicyclic) bond motifs is 6. The van der Waals surface area contributed by atoms with E-state index in [0.717, 1.165) is 11.4 Å². The van der Waals surface area contributed by atoms with Gasteiger partial charge in [-0.15, -0.1) is 0 Å². The summed E-state index contributed by atoms with van der Waals surface area (Å²) in [6.45, 7) is 4.69. The SMILES string of the molecule is CC1(C)c2ccccc2-c2c(N(c3ccccc3)c3ccc(-c4ccc5c(c4)c4ccccc4n5-c4ccccc4)cc3)cccc21. The van der Waals surface area contributed by atoms with E-state index in [1.807, 2.05) is 0 Å². The van der Waals surface area contributed by atoms with Gasteiger partial charge < -0.3 is 9.47 Å². The molecule has 2 heteroatoms. The summed E-state index contributed by atoms with van der Waals surface area (Å²) in [4.78, 5) is 2.41. The highest BCUT2D eigenvalue weighted by molar-refractivity contribution is 6.10. The average Bonchev–Trinajstić information content (AvgIpc) is 3.58. The molecule has 0 bridgehead atoms.